The van der Waals surface area contributed by atoms with E-state index in [1.807, 2.05) is 18.2 Å². The fraction of sp³-hybridized carbons (Fsp3) is 0.412. The van der Waals surface area contributed by atoms with Gasteiger partial charge in [-0.05, 0) is 25.2 Å². The minimum Gasteiger partial charge on any atom is -0.493 e. The largest absolute Gasteiger partial charge is 0.493 e. The Hall–Kier alpha value is -2.09. The van der Waals surface area contributed by atoms with Gasteiger partial charge in [-0.15, -0.1) is 12.4 Å². The van der Waals surface area contributed by atoms with Crippen LogP contribution in [-0.4, -0.2) is 55.4 Å². The molecule has 25 heavy (non-hydrogen) atoms. The summed E-state index contributed by atoms with van der Waals surface area (Å²) >= 11 is 0. The first-order chi connectivity index (χ1) is 11.7. The van der Waals surface area contributed by atoms with Crippen LogP contribution in [-0.2, 0) is 0 Å². The average molecular weight is 367 g/mol. The van der Waals surface area contributed by atoms with E-state index < -0.39 is 0 Å². The van der Waals surface area contributed by atoms with Crippen LogP contribution >= 0.6 is 12.4 Å². The standard InChI is InChI=1S/C17H22N4O3.ClH/c1-4-9-23-14-6-5-12(10-15(14)22-3)17-19-16(20-24-17)13-11-18-7-8-21(13)2;/h4-6,10,13,18H,1,7-9,11H2,2-3H3;1H. The molecule has 0 spiro atoms. The third-order valence-corrected chi connectivity index (χ3v) is 4.02. The number of ether oxygens (including phenoxy) is 2. The zero-order valence-corrected chi connectivity index (χ0v) is 15.2. The predicted octanol–water partition coefficient (Wildman–Crippen LogP) is 2.31. The van der Waals surface area contributed by atoms with Crippen molar-refractivity contribution in [3.63, 3.8) is 0 Å². The van der Waals surface area contributed by atoms with Gasteiger partial charge < -0.3 is 19.3 Å². The molecule has 1 aliphatic rings. The van der Waals surface area contributed by atoms with Crippen molar-refractivity contribution >= 4 is 12.4 Å². The third kappa shape index (κ3) is 4.31. The summed E-state index contributed by atoms with van der Waals surface area (Å²) < 4.78 is 16.4. The zero-order valence-electron chi connectivity index (χ0n) is 14.4. The first kappa shape index (κ1) is 19.2. The molecule has 3 rings (SSSR count). The first-order valence-electron chi connectivity index (χ1n) is 7.89. The summed E-state index contributed by atoms with van der Waals surface area (Å²) in [5, 5.41) is 7.49. The van der Waals surface area contributed by atoms with E-state index in [2.05, 4.69) is 34.0 Å². The average Bonchev–Trinajstić information content (AvgIpc) is 3.10. The first-order valence-corrected chi connectivity index (χ1v) is 7.89. The number of halogens is 1. The molecule has 2 heterocycles. The Balaban J connectivity index is 0.00000225. The van der Waals surface area contributed by atoms with Gasteiger partial charge in [-0.2, -0.15) is 4.98 Å². The lowest BCUT2D eigenvalue weighted by Gasteiger charge is -2.30. The molecule has 1 fully saturated rings. The molecule has 1 unspecified atom stereocenters. The van der Waals surface area contributed by atoms with Crippen molar-refractivity contribution in [2.75, 3.05) is 40.4 Å². The summed E-state index contributed by atoms with van der Waals surface area (Å²) in [6.07, 6.45) is 1.69. The van der Waals surface area contributed by atoms with Crippen molar-refractivity contribution in [2.45, 2.75) is 6.04 Å². The molecule has 136 valence electrons. The van der Waals surface area contributed by atoms with Crippen LogP contribution in [0.4, 0.5) is 0 Å². The van der Waals surface area contributed by atoms with E-state index in [4.69, 9.17) is 14.0 Å². The topological polar surface area (TPSA) is 72.7 Å². The summed E-state index contributed by atoms with van der Waals surface area (Å²) in [6, 6.07) is 5.66. The second-order valence-corrected chi connectivity index (χ2v) is 5.62. The Morgan fingerprint density at radius 2 is 2.28 bits per heavy atom. The van der Waals surface area contributed by atoms with Gasteiger partial charge in [-0.25, -0.2) is 0 Å². The van der Waals surface area contributed by atoms with Gasteiger partial charge in [0.1, 0.15) is 6.61 Å². The lowest BCUT2D eigenvalue weighted by molar-refractivity contribution is 0.190. The highest BCUT2D eigenvalue weighted by atomic mass is 35.5. The molecule has 7 nitrogen and oxygen atoms in total. The number of hydrogen-bond acceptors (Lipinski definition) is 7. The fourth-order valence-corrected chi connectivity index (χ4v) is 2.65. The summed E-state index contributed by atoms with van der Waals surface area (Å²) in [4.78, 5) is 6.77. The molecule has 0 amide bonds. The maximum absolute atomic E-state index is 5.56. The van der Waals surface area contributed by atoms with Gasteiger partial charge in [0, 0.05) is 25.2 Å². The minimum atomic E-state index is 0. The number of rotatable bonds is 6. The Morgan fingerprint density at radius 3 is 3.00 bits per heavy atom. The lowest BCUT2D eigenvalue weighted by atomic mass is 10.2. The Kier molecular flexibility index (Phi) is 6.81. The van der Waals surface area contributed by atoms with E-state index in [1.54, 1.807) is 13.2 Å². The van der Waals surface area contributed by atoms with Crippen molar-refractivity contribution in [1.29, 1.82) is 0 Å². The number of likely N-dealkylation sites (N-methyl/N-ethyl adjacent to an activating group) is 1. The van der Waals surface area contributed by atoms with Gasteiger partial charge in [0.05, 0.1) is 13.2 Å². The van der Waals surface area contributed by atoms with Crippen LogP contribution in [0.1, 0.15) is 11.9 Å². The number of benzene rings is 1. The van der Waals surface area contributed by atoms with Crippen LogP contribution in [0, 0.1) is 0 Å². The molecule has 1 aromatic carbocycles. The fourth-order valence-electron chi connectivity index (χ4n) is 2.65. The van der Waals surface area contributed by atoms with Gasteiger partial charge in [-0.3, -0.25) is 4.90 Å². The molecule has 1 aromatic heterocycles. The Bertz CT molecular complexity index is 707. The molecular formula is C17H23ClN4O3. The van der Waals surface area contributed by atoms with E-state index in [9.17, 15) is 0 Å². The van der Waals surface area contributed by atoms with Gasteiger partial charge in [0.25, 0.3) is 5.89 Å². The van der Waals surface area contributed by atoms with Crippen molar-refractivity contribution in [1.82, 2.24) is 20.4 Å². The maximum atomic E-state index is 5.56. The normalized spacial score (nSPS) is 17.6. The Morgan fingerprint density at radius 1 is 1.44 bits per heavy atom. The third-order valence-electron chi connectivity index (χ3n) is 4.02. The van der Waals surface area contributed by atoms with Crippen molar-refractivity contribution in [3.8, 4) is 23.0 Å². The highest BCUT2D eigenvalue weighted by Crippen LogP contribution is 2.32. The number of piperazine rings is 1. The van der Waals surface area contributed by atoms with E-state index in [1.165, 1.54) is 0 Å². The molecule has 0 aliphatic carbocycles. The zero-order chi connectivity index (χ0) is 16.9. The van der Waals surface area contributed by atoms with E-state index >= 15 is 0 Å². The monoisotopic (exact) mass is 366 g/mol. The molecular weight excluding hydrogens is 344 g/mol. The minimum absolute atomic E-state index is 0. The number of nitrogens with zero attached hydrogens (tertiary/aromatic N) is 3. The molecule has 1 N–H and O–H groups in total. The number of aromatic nitrogens is 2. The lowest BCUT2D eigenvalue weighted by Crippen LogP contribution is -2.44. The summed E-state index contributed by atoms with van der Waals surface area (Å²) in [6.45, 7) is 6.80. The SMILES string of the molecule is C=CCOc1ccc(-c2nc(C3CNCCN3C)no2)cc1OC.Cl. The van der Waals surface area contributed by atoms with Crippen LogP contribution < -0.4 is 14.8 Å². The van der Waals surface area contributed by atoms with Crippen LogP contribution in [0.3, 0.4) is 0 Å². The maximum Gasteiger partial charge on any atom is 0.258 e. The molecule has 0 saturated carbocycles. The molecule has 8 heteroatoms. The highest BCUT2D eigenvalue weighted by Gasteiger charge is 2.25. The Labute approximate surface area is 153 Å². The second kappa shape index (κ2) is 8.84. The second-order valence-electron chi connectivity index (χ2n) is 5.62. The van der Waals surface area contributed by atoms with Crippen LogP contribution in [0.2, 0.25) is 0 Å². The van der Waals surface area contributed by atoms with Gasteiger partial charge in [0.2, 0.25) is 0 Å². The molecule has 1 atom stereocenters. The van der Waals surface area contributed by atoms with Crippen molar-refractivity contribution < 1.29 is 14.0 Å². The van der Waals surface area contributed by atoms with Crippen LogP contribution in [0.5, 0.6) is 11.5 Å². The van der Waals surface area contributed by atoms with Crippen molar-refractivity contribution in [3.05, 3.63) is 36.7 Å². The summed E-state index contributed by atoms with van der Waals surface area (Å²) in [5.41, 5.74) is 0.794. The predicted molar refractivity (Wildman–Crippen MR) is 97.5 cm³/mol. The number of methoxy groups -OCH3 is 1. The number of hydrogen-bond donors (Lipinski definition) is 1. The van der Waals surface area contributed by atoms with E-state index in [0.29, 0.717) is 29.8 Å². The summed E-state index contributed by atoms with van der Waals surface area (Å²) in [7, 11) is 3.66. The smallest absolute Gasteiger partial charge is 0.258 e. The van der Waals surface area contributed by atoms with Crippen LogP contribution in [0.25, 0.3) is 11.5 Å². The number of nitrogens with one attached hydrogen (secondary N) is 1. The molecule has 0 bridgehead atoms. The highest BCUT2D eigenvalue weighted by molar-refractivity contribution is 5.85. The van der Waals surface area contributed by atoms with E-state index in [-0.39, 0.29) is 18.4 Å². The van der Waals surface area contributed by atoms with E-state index in [0.717, 1.165) is 25.2 Å². The molecule has 1 saturated heterocycles. The molecule has 2 aromatic rings. The van der Waals surface area contributed by atoms with Gasteiger partial charge >= 0.3 is 0 Å². The quantitative estimate of drug-likeness (QED) is 0.786. The van der Waals surface area contributed by atoms with Crippen LogP contribution in [0.15, 0.2) is 35.4 Å². The van der Waals surface area contributed by atoms with Gasteiger partial charge in [0.15, 0.2) is 17.3 Å². The molecule has 1 aliphatic heterocycles. The van der Waals surface area contributed by atoms with Crippen molar-refractivity contribution in [2.24, 2.45) is 0 Å². The molecule has 0 radical (unpaired) electrons. The van der Waals surface area contributed by atoms with Gasteiger partial charge in [-0.1, -0.05) is 17.8 Å². The summed E-state index contributed by atoms with van der Waals surface area (Å²) in [5.74, 6) is 2.42.